The fourth-order valence-corrected chi connectivity index (χ4v) is 3.30. The van der Waals surface area contributed by atoms with Crippen LogP contribution in [-0.2, 0) is 4.74 Å². The Morgan fingerprint density at radius 1 is 1.24 bits per heavy atom. The summed E-state index contributed by atoms with van der Waals surface area (Å²) in [5, 5.41) is 29.8. The lowest BCUT2D eigenvalue weighted by atomic mass is 10.1. The van der Waals surface area contributed by atoms with Crippen molar-refractivity contribution < 1.29 is 20.1 Å². The zero-order chi connectivity index (χ0) is 15.3. The highest BCUT2D eigenvalue weighted by Crippen LogP contribution is 2.37. The van der Waals surface area contributed by atoms with Gasteiger partial charge < -0.3 is 20.1 Å². The molecule has 1 fully saturated rings. The Hall–Kier alpha value is -0.410. The minimum atomic E-state index is -1.20. The van der Waals surface area contributed by atoms with Crippen molar-refractivity contribution in [1.82, 2.24) is 9.55 Å². The van der Waals surface area contributed by atoms with Gasteiger partial charge >= 0.3 is 0 Å². The van der Waals surface area contributed by atoms with E-state index in [1.165, 1.54) is 0 Å². The molecule has 1 aliphatic heterocycles. The molecule has 6 nitrogen and oxygen atoms in total. The lowest BCUT2D eigenvalue weighted by molar-refractivity contribution is -0.0518. The Bertz CT molecular complexity index is 695. The van der Waals surface area contributed by atoms with Gasteiger partial charge in [0.25, 0.3) is 0 Å². The minimum Gasteiger partial charge on any atom is -0.394 e. The second-order valence-electron chi connectivity index (χ2n) is 4.73. The molecule has 1 saturated heterocycles. The zero-order valence-electron chi connectivity index (χ0n) is 10.4. The van der Waals surface area contributed by atoms with Crippen LogP contribution in [0.4, 0.5) is 0 Å². The van der Waals surface area contributed by atoms with Crippen LogP contribution >= 0.6 is 39.1 Å². The molecule has 2 aromatic rings. The standard InChI is InChI=1S/C12H11BrCl2N2O4/c13-12-16-6-1-4(14)5(15)2-7(6)17(12)11-10(20)9(19)8(3-18)21-11/h1-2,8-11,18-20H,3H2/t8-,9+,10+,11?/m1/s1. The highest BCUT2D eigenvalue weighted by molar-refractivity contribution is 9.10. The van der Waals surface area contributed by atoms with E-state index in [2.05, 4.69) is 20.9 Å². The van der Waals surface area contributed by atoms with Crippen LogP contribution in [0.1, 0.15) is 6.23 Å². The molecule has 1 aromatic carbocycles. The second-order valence-corrected chi connectivity index (χ2v) is 6.26. The molecule has 0 aliphatic carbocycles. The number of halogens is 3. The van der Waals surface area contributed by atoms with Crippen molar-refractivity contribution in [2.24, 2.45) is 0 Å². The first-order valence-corrected chi connectivity index (χ1v) is 7.64. The van der Waals surface area contributed by atoms with Crippen LogP contribution in [0.3, 0.4) is 0 Å². The van der Waals surface area contributed by atoms with Gasteiger partial charge in [-0.2, -0.15) is 0 Å². The van der Waals surface area contributed by atoms with Crippen molar-refractivity contribution in [2.45, 2.75) is 24.5 Å². The molecule has 3 N–H and O–H groups in total. The van der Waals surface area contributed by atoms with Crippen molar-refractivity contribution in [3.8, 4) is 0 Å². The molecular formula is C12H11BrCl2N2O4. The largest absolute Gasteiger partial charge is 0.394 e. The molecule has 0 saturated carbocycles. The van der Waals surface area contributed by atoms with Crippen molar-refractivity contribution >= 4 is 50.2 Å². The Morgan fingerprint density at radius 2 is 1.90 bits per heavy atom. The summed E-state index contributed by atoms with van der Waals surface area (Å²) in [5.74, 6) is 0. The van der Waals surface area contributed by atoms with Crippen LogP contribution in [0.5, 0.6) is 0 Å². The van der Waals surface area contributed by atoms with Gasteiger partial charge in [-0.25, -0.2) is 4.98 Å². The van der Waals surface area contributed by atoms with Gasteiger partial charge in [-0.05, 0) is 28.1 Å². The second kappa shape index (κ2) is 5.66. The Morgan fingerprint density at radius 3 is 2.52 bits per heavy atom. The quantitative estimate of drug-likeness (QED) is 0.718. The number of rotatable bonds is 2. The van der Waals surface area contributed by atoms with E-state index in [0.717, 1.165) is 0 Å². The van der Waals surface area contributed by atoms with Gasteiger partial charge in [-0.1, -0.05) is 23.2 Å². The minimum absolute atomic E-state index is 0.338. The van der Waals surface area contributed by atoms with E-state index in [4.69, 9.17) is 33.0 Å². The summed E-state index contributed by atoms with van der Waals surface area (Å²) in [5.41, 5.74) is 1.15. The predicted molar refractivity (Wildman–Crippen MR) is 80.5 cm³/mol. The Balaban J connectivity index is 2.12. The van der Waals surface area contributed by atoms with E-state index in [1.54, 1.807) is 16.7 Å². The maximum absolute atomic E-state index is 10.1. The van der Waals surface area contributed by atoms with Crippen molar-refractivity contribution in [2.75, 3.05) is 6.61 Å². The average Bonchev–Trinajstić information content (AvgIpc) is 2.89. The molecule has 1 unspecified atom stereocenters. The van der Waals surface area contributed by atoms with E-state index in [0.29, 0.717) is 25.8 Å². The molecule has 0 amide bonds. The van der Waals surface area contributed by atoms with Crippen LogP contribution in [-0.4, -0.2) is 49.8 Å². The third-order valence-corrected chi connectivity index (χ3v) is 4.74. The normalized spacial score (nSPS) is 29.4. The van der Waals surface area contributed by atoms with Crippen molar-refractivity contribution in [1.29, 1.82) is 0 Å². The van der Waals surface area contributed by atoms with Crippen LogP contribution in [0.15, 0.2) is 16.9 Å². The number of aliphatic hydroxyl groups excluding tert-OH is 3. The van der Waals surface area contributed by atoms with Crippen molar-refractivity contribution in [3.63, 3.8) is 0 Å². The third kappa shape index (κ3) is 2.46. The number of fused-ring (bicyclic) bond motifs is 1. The molecule has 2 heterocycles. The summed E-state index contributed by atoms with van der Waals surface area (Å²) in [6.45, 7) is -0.397. The smallest absolute Gasteiger partial charge is 0.180 e. The fraction of sp³-hybridized carbons (Fsp3) is 0.417. The molecule has 0 bridgehead atoms. The number of aliphatic hydroxyl groups is 3. The lowest BCUT2D eigenvalue weighted by Crippen LogP contribution is -2.33. The van der Waals surface area contributed by atoms with Gasteiger partial charge in [0.05, 0.1) is 27.7 Å². The summed E-state index contributed by atoms with van der Waals surface area (Å²) in [6.07, 6.45) is -4.15. The third-order valence-electron chi connectivity index (χ3n) is 3.46. The van der Waals surface area contributed by atoms with E-state index in [9.17, 15) is 10.2 Å². The van der Waals surface area contributed by atoms with Crippen LogP contribution in [0.2, 0.25) is 10.0 Å². The lowest BCUT2D eigenvalue weighted by Gasteiger charge is -2.18. The molecule has 1 aromatic heterocycles. The number of imidazole rings is 1. The molecule has 1 aliphatic rings. The fourth-order valence-electron chi connectivity index (χ4n) is 2.40. The van der Waals surface area contributed by atoms with Gasteiger partial charge in [-0.15, -0.1) is 0 Å². The molecule has 0 radical (unpaired) electrons. The van der Waals surface area contributed by atoms with E-state index < -0.39 is 31.1 Å². The van der Waals surface area contributed by atoms with Gasteiger partial charge in [0.1, 0.15) is 18.3 Å². The number of hydrogen-bond acceptors (Lipinski definition) is 5. The summed E-state index contributed by atoms with van der Waals surface area (Å²) in [4.78, 5) is 4.27. The topological polar surface area (TPSA) is 87.7 Å². The summed E-state index contributed by atoms with van der Waals surface area (Å²) >= 11 is 15.3. The maximum atomic E-state index is 10.1. The molecule has 0 spiro atoms. The molecule has 3 rings (SSSR count). The number of nitrogens with zero attached hydrogens (tertiary/aromatic N) is 2. The number of hydrogen-bond donors (Lipinski definition) is 3. The first-order chi connectivity index (χ1) is 9.93. The predicted octanol–water partition coefficient (Wildman–Crippen LogP) is 1.72. The van der Waals surface area contributed by atoms with Crippen LogP contribution < -0.4 is 0 Å². The van der Waals surface area contributed by atoms with E-state index in [-0.39, 0.29) is 0 Å². The molecular weight excluding hydrogens is 387 g/mol. The highest BCUT2D eigenvalue weighted by atomic mass is 79.9. The van der Waals surface area contributed by atoms with E-state index in [1.807, 2.05) is 0 Å². The summed E-state index contributed by atoms with van der Waals surface area (Å²) in [6, 6.07) is 3.20. The van der Waals surface area contributed by atoms with Crippen LogP contribution in [0.25, 0.3) is 11.0 Å². The first kappa shape index (κ1) is 15.5. The van der Waals surface area contributed by atoms with Gasteiger partial charge in [0.2, 0.25) is 0 Å². The van der Waals surface area contributed by atoms with E-state index >= 15 is 0 Å². The zero-order valence-corrected chi connectivity index (χ0v) is 13.5. The van der Waals surface area contributed by atoms with Crippen molar-refractivity contribution in [3.05, 3.63) is 26.9 Å². The SMILES string of the molecule is OC[C@H]1OC(n2c(Br)nc3cc(Cl)c(Cl)cc32)[C@@H](O)[C@H]1O. The number of ether oxygens (including phenoxy) is 1. The van der Waals surface area contributed by atoms with Gasteiger partial charge in [0.15, 0.2) is 11.0 Å². The summed E-state index contributed by atoms with van der Waals surface area (Å²) < 4.78 is 7.46. The highest BCUT2D eigenvalue weighted by Gasteiger charge is 2.44. The monoisotopic (exact) mass is 396 g/mol. The van der Waals surface area contributed by atoms with Gasteiger partial charge in [0, 0.05) is 0 Å². The molecule has 21 heavy (non-hydrogen) atoms. The Labute approximate surface area is 138 Å². The maximum Gasteiger partial charge on any atom is 0.180 e. The first-order valence-electron chi connectivity index (χ1n) is 6.09. The van der Waals surface area contributed by atoms with Crippen LogP contribution in [0, 0.1) is 0 Å². The molecule has 9 heteroatoms. The molecule has 4 atom stereocenters. The van der Waals surface area contributed by atoms with Gasteiger partial charge in [-0.3, -0.25) is 4.57 Å². The number of aromatic nitrogens is 2. The molecule has 114 valence electrons. The number of benzene rings is 1. The average molecular weight is 398 g/mol. The Kier molecular flexibility index (Phi) is 4.17. The summed E-state index contributed by atoms with van der Waals surface area (Å²) in [7, 11) is 0.